The smallest absolute Gasteiger partial charge is 0.136 e. The molecule has 0 unspecified atom stereocenters. The Morgan fingerprint density at radius 1 is 1.44 bits per heavy atom. The number of hydrogen-bond acceptors (Lipinski definition) is 2. The van der Waals surface area contributed by atoms with Crippen LogP contribution in [0.25, 0.3) is 0 Å². The Bertz CT molecular complexity index is 390. The van der Waals surface area contributed by atoms with Gasteiger partial charge in [-0.2, -0.15) is 0 Å². The average Bonchev–Trinajstić information content (AvgIpc) is 2.75. The highest BCUT2D eigenvalue weighted by Crippen LogP contribution is 2.39. The first-order chi connectivity index (χ1) is 7.77. The van der Waals surface area contributed by atoms with Gasteiger partial charge in [0.2, 0.25) is 0 Å². The lowest BCUT2D eigenvalue weighted by Crippen LogP contribution is -2.03. The van der Waals surface area contributed by atoms with Crippen molar-refractivity contribution in [2.24, 2.45) is 5.73 Å². The van der Waals surface area contributed by atoms with Gasteiger partial charge >= 0.3 is 0 Å². The second-order valence-corrected chi connectivity index (χ2v) is 5.06. The van der Waals surface area contributed by atoms with Crippen molar-refractivity contribution >= 4 is 15.9 Å². The van der Waals surface area contributed by atoms with Crippen molar-refractivity contribution in [2.75, 3.05) is 13.7 Å². The molecule has 0 atom stereocenters. The lowest BCUT2D eigenvalue weighted by atomic mass is 10.0. The Kier molecular flexibility index (Phi) is 3.87. The van der Waals surface area contributed by atoms with Crippen LogP contribution in [-0.4, -0.2) is 13.7 Å². The maximum absolute atomic E-state index is 5.57. The van der Waals surface area contributed by atoms with E-state index in [2.05, 4.69) is 22.0 Å². The predicted octanol–water partition coefficient (Wildman–Crippen LogP) is 2.84. The van der Waals surface area contributed by atoms with Crippen molar-refractivity contribution in [2.45, 2.75) is 32.1 Å². The highest BCUT2D eigenvalue weighted by Gasteiger charge is 2.20. The van der Waals surface area contributed by atoms with Crippen molar-refractivity contribution in [3.63, 3.8) is 0 Å². The summed E-state index contributed by atoms with van der Waals surface area (Å²) in [5.74, 6) is 1.01. The minimum atomic E-state index is 0.734. The van der Waals surface area contributed by atoms with Crippen LogP contribution in [-0.2, 0) is 19.3 Å². The van der Waals surface area contributed by atoms with Crippen molar-refractivity contribution in [3.05, 3.63) is 27.2 Å². The van der Waals surface area contributed by atoms with Crippen LogP contribution < -0.4 is 10.5 Å². The Morgan fingerprint density at radius 2 is 2.25 bits per heavy atom. The maximum Gasteiger partial charge on any atom is 0.136 e. The normalized spacial score (nSPS) is 13.9. The number of methoxy groups -OCH3 is 1. The monoisotopic (exact) mass is 283 g/mol. The van der Waals surface area contributed by atoms with Gasteiger partial charge < -0.3 is 10.5 Å². The van der Waals surface area contributed by atoms with Crippen molar-refractivity contribution in [3.8, 4) is 5.75 Å². The SMILES string of the molecule is COc1c(CCCN)cc2c(c1Br)CCC2. The molecule has 0 amide bonds. The van der Waals surface area contributed by atoms with Crippen LogP contribution >= 0.6 is 15.9 Å². The first-order valence-corrected chi connectivity index (χ1v) is 6.64. The largest absolute Gasteiger partial charge is 0.495 e. The Hall–Kier alpha value is -0.540. The first-order valence-electron chi connectivity index (χ1n) is 5.85. The van der Waals surface area contributed by atoms with Gasteiger partial charge in [-0.3, -0.25) is 0 Å². The van der Waals surface area contributed by atoms with Crippen LogP contribution in [0, 0.1) is 0 Å². The van der Waals surface area contributed by atoms with E-state index in [0.717, 1.165) is 29.6 Å². The molecule has 3 heteroatoms. The summed E-state index contributed by atoms with van der Waals surface area (Å²) in [6.45, 7) is 0.734. The maximum atomic E-state index is 5.57. The molecule has 0 spiro atoms. The van der Waals surface area contributed by atoms with E-state index in [4.69, 9.17) is 10.5 Å². The van der Waals surface area contributed by atoms with E-state index in [9.17, 15) is 0 Å². The lowest BCUT2D eigenvalue weighted by Gasteiger charge is -2.14. The molecule has 1 aromatic carbocycles. The van der Waals surface area contributed by atoms with Crippen LogP contribution in [0.2, 0.25) is 0 Å². The molecule has 16 heavy (non-hydrogen) atoms. The Labute approximate surface area is 105 Å². The quantitative estimate of drug-likeness (QED) is 0.922. The van der Waals surface area contributed by atoms with E-state index in [1.807, 2.05) is 0 Å². The van der Waals surface area contributed by atoms with Crippen molar-refractivity contribution in [1.29, 1.82) is 0 Å². The van der Waals surface area contributed by atoms with E-state index in [1.165, 1.54) is 36.0 Å². The fourth-order valence-corrected chi connectivity index (χ4v) is 3.30. The third-order valence-corrected chi connectivity index (χ3v) is 4.06. The minimum absolute atomic E-state index is 0.734. The summed E-state index contributed by atoms with van der Waals surface area (Å²) in [7, 11) is 1.74. The fourth-order valence-electron chi connectivity index (χ4n) is 2.43. The van der Waals surface area contributed by atoms with Crippen molar-refractivity contribution in [1.82, 2.24) is 0 Å². The molecule has 1 aliphatic carbocycles. The molecule has 1 aromatic rings. The molecule has 2 nitrogen and oxygen atoms in total. The highest BCUT2D eigenvalue weighted by molar-refractivity contribution is 9.10. The molecule has 2 rings (SSSR count). The van der Waals surface area contributed by atoms with Gasteiger partial charge in [-0.15, -0.1) is 0 Å². The predicted molar refractivity (Wildman–Crippen MR) is 70.1 cm³/mol. The van der Waals surface area contributed by atoms with Crippen LogP contribution in [0.3, 0.4) is 0 Å². The molecule has 0 heterocycles. The molecule has 0 fully saturated rings. The number of nitrogens with two attached hydrogens (primary N) is 1. The van der Waals surface area contributed by atoms with E-state index in [1.54, 1.807) is 7.11 Å². The summed E-state index contributed by atoms with van der Waals surface area (Å²) < 4.78 is 6.67. The Morgan fingerprint density at radius 3 is 2.94 bits per heavy atom. The molecule has 2 N–H and O–H groups in total. The van der Waals surface area contributed by atoms with Gasteiger partial charge in [0.1, 0.15) is 5.75 Å². The van der Waals surface area contributed by atoms with Gasteiger partial charge in [0.25, 0.3) is 0 Å². The summed E-state index contributed by atoms with van der Waals surface area (Å²) in [6, 6.07) is 2.31. The summed E-state index contributed by atoms with van der Waals surface area (Å²) in [4.78, 5) is 0. The molecule has 0 aliphatic heterocycles. The molecule has 0 saturated heterocycles. The number of rotatable bonds is 4. The molecular formula is C13H18BrNO. The molecule has 1 aliphatic rings. The summed E-state index contributed by atoms with van der Waals surface area (Å²) >= 11 is 3.68. The van der Waals surface area contributed by atoms with E-state index in [0.29, 0.717) is 0 Å². The minimum Gasteiger partial charge on any atom is -0.495 e. The zero-order valence-corrected chi connectivity index (χ0v) is 11.3. The lowest BCUT2D eigenvalue weighted by molar-refractivity contribution is 0.406. The number of halogens is 1. The van der Waals surface area contributed by atoms with Gasteiger partial charge in [0.05, 0.1) is 11.6 Å². The molecule has 88 valence electrons. The topological polar surface area (TPSA) is 35.2 Å². The summed E-state index contributed by atoms with van der Waals surface area (Å²) in [5.41, 5.74) is 9.78. The number of fused-ring (bicyclic) bond motifs is 1. The van der Waals surface area contributed by atoms with Gasteiger partial charge in [-0.05, 0) is 71.3 Å². The number of hydrogen-bond donors (Lipinski definition) is 1. The Balaban J connectivity index is 2.39. The third kappa shape index (κ3) is 2.11. The zero-order valence-electron chi connectivity index (χ0n) is 9.68. The van der Waals surface area contributed by atoms with Gasteiger partial charge in [-0.25, -0.2) is 0 Å². The molecular weight excluding hydrogens is 266 g/mol. The third-order valence-electron chi connectivity index (χ3n) is 3.22. The zero-order chi connectivity index (χ0) is 11.5. The van der Waals surface area contributed by atoms with Crippen LogP contribution in [0.5, 0.6) is 5.75 Å². The summed E-state index contributed by atoms with van der Waals surface area (Å²) in [6.07, 6.45) is 5.65. The molecule has 0 bridgehead atoms. The average molecular weight is 284 g/mol. The number of ether oxygens (including phenoxy) is 1. The second-order valence-electron chi connectivity index (χ2n) is 4.27. The van der Waals surface area contributed by atoms with Gasteiger partial charge in [0.15, 0.2) is 0 Å². The standard InChI is InChI=1S/C13H18BrNO/c1-16-13-10(5-3-7-15)8-9-4-2-6-11(9)12(13)14/h8H,2-7,15H2,1H3. The second kappa shape index (κ2) is 5.19. The van der Waals surface area contributed by atoms with Crippen LogP contribution in [0.15, 0.2) is 10.5 Å². The molecule has 0 aromatic heterocycles. The van der Waals surface area contributed by atoms with Gasteiger partial charge in [0, 0.05) is 0 Å². The fraction of sp³-hybridized carbons (Fsp3) is 0.538. The highest BCUT2D eigenvalue weighted by atomic mass is 79.9. The van der Waals surface area contributed by atoms with Gasteiger partial charge in [-0.1, -0.05) is 6.07 Å². The van der Waals surface area contributed by atoms with E-state index < -0.39 is 0 Å². The van der Waals surface area contributed by atoms with E-state index in [-0.39, 0.29) is 0 Å². The number of benzene rings is 1. The first kappa shape index (κ1) is 11.9. The van der Waals surface area contributed by atoms with Crippen molar-refractivity contribution < 1.29 is 4.74 Å². The number of aryl methyl sites for hydroxylation is 2. The van der Waals surface area contributed by atoms with E-state index >= 15 is 0 Å². The van der Waals surface area contributed by atoms with Crippen LogP contribution in [0.1, 0.15) is 29.5 Å². The molecule has 0 saturated carbocycles. The summed E-state index contributed by atoms with van der Waals surface area (Å²) in [5, 5.41) is 0. The van der Waals surface area contributed by atoms with Crippen LogP contribution in [0.4, 0.5) is 0 Å². The molecule has 0 radical (unpaired) electrons.